The Balaban J connectivity index is 2.09. The van der Waals surface area contributed by atoms with Crippen LogP contribution in [0, 0.1) is 10.5 Å². The van der Waals surface area contributed by atoms with E-state index in [4.69, 9.17) is 0 Å². The third-order valence-electron chi connectivity index (χ3n) is 3.31. The molecule has 1 aliphatic rings. The fourth-order valence-corrected chi connectivity index (χ4v) is 2.43. The number of halogens is 1. The van der Waals surface area contributed by atoms with Crippen LogP contribution in [-0.2, 0) is 0 Å². The standard InChI is InChI=1S/C13H17IN2O/c1-9-4-5-10(14)6-12(9)13(17)16-7-11(8-16)15(2)3/h4-6,11H,7-8H2,1-3H3. The number of hydrogen-bond acceptors (Lipinski definition) is 2. The minimum absolute atomic E-state index is 0.166. The summed E-state index contributed by atoms with van der Waals surface area (Å²) in [5.41, 5.74) is 1.90. The maximum absolute atomic E-state index is 12.3. The molecule has 0 unspecified atom stereocenters. The second-order valence-electron chi connectivity index (χ2n) is 4.79. The summed E-state index contributed by atoms with van der Waals surface area (Å²) in [6.45, 7) is 3.68. The molecule has 1 aromatic carbocycles. The van der Waals surface area contributed by atoms with Crippen molar-refractivity contribution in [3.63, 3.8) is 0 Å². The summed E-state index contributed by atoms with van der Waals surface area (Å²) in [6, 6.07) is 6.53. The summed E-state index contributed by atoms with van der Waals surface area (Å²) in [5.74, 6) is 0.166. The molecule has 17 heavy (non-hydrogen) atoms. The first-order chi connectivity index (χ1) is 7.99. The molecular formula is C13H17IN2O. The summed E-state index contributed by atoms with van der Waals surface area (Å²) >= 11 is 2.24. The predicted octanol–water partition coefficient (Wildman–Crippen LogP) is 1.99. The maximum atomic E-state index is 12.3. The van der Waals surface area contributed by atoms with Crippen molar-refractivity contribution in [2.75, 3.05) is 27.2 Å². The third-order valence-corrected chi connectivity index (χ3v) is 3.98. The molecule has 0 spiro atoms. The molecule has 92 valence electrons. The van der Waals surface area contributed by atoms with Crippen LogP contribution >= 0.6 is 22.6 Å². The van der Waals surface area contributed by atoms with Crippen LogP contribution in [0.2, 0.25) is 0 Å². The quantitative estimate of drug-likeness (QED) is 0.766. The third kappa shape index (κ3) is 2.63. The summed E-state index contributed by atoms with van der Waals surface area (Å²) in [4.78, 5) is 16.4. The molecule has 4 heteroatoms. The Morgan fingerprint density at radius 3 is 2.65 bits per heavy atom. The van der Waals surface area contributed by atoms with Gasteiger partial charge in [0.2, 0.25) is 0 Å². The molecule has 1 amide bonds. The predicted molar refractivity (Wildman–Crippen MR) is 77.3 cm³/mol. The van der Waals surface area contributed by atoms with Gasteiger partial charge in [0.15, 0.2) is 0 Å². The number of hydrogen-bond donors (Lipinski definition) is 0. The fourth-order valence-electron chi connectivity index (χ4n) is 1.94. The van der Waals surface area contributed by atoms with Gasteiger partial charge in [-0.25, -0.2) is 0 Å². The van der Waals surface area contributed by atoms with Crippen LogP contribution < -0.4 is 0 Å². The van der Waals surface area contributed by atoms with Gasteiger partial charge in [-0.3, -0.25) is 4.79 Å². The highest BCUT2D eigenvalue weighted by Gasteiger charge is 2.32. The van der Waals surface area contributed by atoms with Gasteiger partial charge in [0.05, 0.1) is 0 Å². The maximum Gasteiger partial charge on any atom is 0.254 e. The van der Waals surface area contributed by atoms with Gasteiger partial charge in [0.25, 0.3) is 5.91 Å². The van der Waals surface area contributed by atoms with Crippen LogP contribution in [0.15, 0.2) is 18.2 Å². The van der Waals surface area contributed by atoms with E-state index < -0.39 is 0 Å². The Morgan fingerprint density at radius 1 is 1.41 bits per heavy atom. The molecule has 1 aliphatic heterocycles. The summed E-state index contributed by atoms with van der Waals surface area (Å²) in [6.07, 6.45) is 0. The first kappa shape index (κ1) is 12.8. The van der Waals surface area contributed by atoms with Gasteiger partial charge in [-0.1, -0.05) is 6.07 Å². The molecule has 1 heterocycles. The molecular weight excluding hydrogens is 327 g/mol. The van der Waals surface area contributed by atoms with Crippen molar-refractivity contribution in [2.45, 2.75) is 13.0 Å². The summed E-state index contributed by atoms with van der Waals surface area (Å²) < 4.78 is 1.11. The SMILES string of the molecule is Cc1ccc(I)cc1C(=O)N1CC(N(C)C)C1. The lowest BCUT2D eigenvalue weighted by atomic mass is 10.0. The summed E-state index contributed by atoms with van der Waals surface area (Å²) in [7, 11) is 4.12. The van der Waals surface area contributed by atoms with Crippen LogP contribution in [0.4, 0.5) is 0 Å². The Kier molecular flexibility index (Phi) is 3.73. The monoisotopic (exact) mass is 344 g/mol. The van der Waals surface area contributed by atoms with Crippen LogP contribution in [0.25, 0.3) is 0 Å². The topological polar surface area (TPSA) is 23.6 Å². The number of nitrogens with zero attached hydrogens (tertiary/aromatic N) is 2. The van der Waals surface area contributed by atoms with Gasteiger partial charge in [-0.05, 0) is 61.3 Å². The zero-order valence-corrected chi connectivity index (χ0v) is 12.6. The molecule has 1 fully saturated rings. The van der Waals surface area contributed by atoms with Crippen LogP contribution in [0.1, 0.15) is 15.9 Å². The molecule has 0 aromatic heterocycles. The molecule has 3 nitrogen and oxygen atoms in total. The Hall–Kier alpha value is -0.620. The first-order valence-electron chi connectivity index (χ1n) is 5.71. The average molecular weight is 344 g/mol. The van der Waals surface area contributed by atoms with E-state index in [0.717, 1.165) is 27.8 Å². The molecule has 0 bridgehead atoms. The molecule has 0 atom stereocenters. The van der Waals surface area contributed by atoms with Gasteiger partial charge in [-0.2, -0.15) is 0 Å². The zero-order chi connectivity index (χ0) is 12.6. The van der Waals surface area contributed by atoms with Gasteiger partial charge in [0.1, 0.15) is 0 Å². The molecule has 0 aliphatic carbocycles. The number of benzene rings is 1. The number of likely N-dealkylation sites (tertiary alicyclic amines) is 1. The van der Waals surface area contributed by atoms with E-state index in [9.17, 15) is 4.79 Å². The zero-order valence-electron chi connectivity index (χ0n) is 10.4. The fraction of sp³-hybridized carbons (Fsp3) is 0.462. The van der Waals surface area contributed by atoms with Crippen LogP contribution in [-0.4, -0.2) is 48.9 Å². The number of likely N-dealkylation sites (N-methyl/N-ethyl adjacent to an activating group) is 1. The van der Waals surface area contributed by atoms with E-state index in [1.165, 1.54) is 0 Å². The lowest BCUT2D eigenvalue weighted by molar-refractivity contribution is 0.0398. The van der Waals surface area contributed by atoms with E-state index in [0.29, 0.717) is 6.04 Å². The van der Waals surface area contributed by atoms with E-state index in [-0.39, 0.29) is 5.91 Å². The second kappa shape index (κ2) is 4.94. The molecule has 0 radical (unpaired) electrons. The van der Waals surface area contributed by atoms with Crippen molar-refractivity contribution in [2.24, 2.45) is 0 Å². The van der Waals surface area contributed by atoms with Crippen molar-refractivity contribution in [3.8, 4) is 0 Å². The lowest BCUT2D eigenvalue weighted by Gasteiger charge is -2.42. The number of aryl methyl sites for hydroxylation is 1. The highest BCUT2D eigenvalue weighted by molar-refractivity contribution is 14.1. The molecule has 0 N–H and O–H groups in total. The first-order valence-corrected chi connectivity index (χ1v) is 6.79. The number of rotatable bonds is 2. The Morgan fingerprint density at radius 2 is 2.06 bits per heavy atom. The summed E-state index contributed by atoms with van der Waals surface area (Å²) in [5, 5.41) is 0. The molecule has 0 saturated carbocycles. The van der Waals surface area contributed by atoms with Gasteiger partial charge < -0.3 is 9.80 Å². The van der Waals surface area contributed by atoms with Gasteiger partial charge in [-0.15, -0.1) is 0 Å². The number of carbonyl (C=O) groups excluding carboxylic acids is 1. The highest BCUT2D eigenvalue weighted by atomic mass is 127. The molecule has 1 aromatic rings. The van der Waals surface area contributed by atoms with Crippen LogP contribution in [0.5, 0.6) is 0 Å². The van der Waals surface area contributed by atoms with E-state index in [2.05, 4.69) is 41.6 Å². The Bertz CT molecular complexity index is 439. The Labute approximate surface area is 116 Å². The van der Waals surface area contributed by atoms with Crippen molar-refractivity contribution in [1.29, 1.82) is 0 Å². The van der Waals surface area contributed by atoms with Gasteiger partial charge >= 0.3 is 0 Å². The second-order valence-corrected chi connectivity index (χ2v) is 6.03. The van der Waals surface area contributed by atoms with E-state index >= 15 is 0 Å². The van der Waals surface area contributed by atoms with E-state index in [1.807, 2.05) is 30.0 Å². The van der Waals surface area contributed by atoms with Crippen LogP contribution in [0.3, 0.4) is 0 Å². The minimum Gasteiger partial charge on any atom is -0.335 e. The molecule has 2 rings (SSSR count). The largest absolute Gasteiger partial charge is 0.335 e. The number of amides is 1. The average Bonchev–Trinajstić information content (AvgIpc) is 2.18. The highest BCUT2D eigenvalue weighted by Crippen LogP contribution is 2.20. The van der Waals surface area contributed by atoms with Crippen molar-refractivity contribution in [3.05, 3.63) is 32.9 Å². The minimum atomic E-state index is 0.166. The van der Waals surface area contributed by atoms with Crippen molar-refractivity contribution in [1.82, 2.24) is 9.80 Å². The number of carbonyl (C=O) groups is 1. The van der Waals surface area contributed by atoms with Gasteiger partial charge in [0, 0.05) is 28.3 Å². The smallest absolute Gasteiger partial charge is 0.254 e. The van der Waals surface area contributed by atoms with E-state index in [1.54, 1.807) is 0 Å². The van der Waals surface area contributed by atoms with Crippen molar-refractivity contribution < 1.29 is 4.79 Å². The normalized spacial score (nSPS) is 16.2. The van der Waals surface area contributed by atoms with Crippen molar-refractivity contribution >= 4 is 28.5 Å². The lowest BCUT2D eigenvalue weighted by Crippen LogP contribution is -2.59. The molecule has 1 saturated heterocycles.